The number of nitrogens with zero attached hydrogens (tertiary/aromatic N) is 4. The van der Waals surface area contributed by atoms with Gasteiger partial charge in [-0.25, -0.2) is 4.98 Å². The standard InChI is InChI=1S/C13H13N5O/c1-19-11-5-3-2-4-10(11)8-15-12-13-17-16-9-18(13)7-6-14-12/h2-7,9H,8H2,1H3,(H,14,15). The second-order valence-corrected chi connectivity index (χ2v) is 4.00. The van der Waals surface area contributed by atoms with Crippen LogP contribution in [0.4, 0.5) is 5.82 Å². The van der Waals surface area contributed by atoms with Gasteiger partial charge >= 0.3 is 0 Å². The number of fused-ring (bicyclic) bond motifs is 1. The minimum Gasteiger partial charge on any atom is -0.496 e. The number of benzene rings is 1. The number of ether oxygens (including phenoxy) is 1. The zero-order valence-corrected chi connectivity index (χ0v) is 10.4. The SMILES string of the molecule is COc1ccccc1CNc1nccn2cnnc12. The van der Waals surface area contributed by atoms with E-state index in [0.717, 1.165) is 11.3 Å². The van der Waals surface area contributed by atoms with E-state index in [1.165, 1.54) is 0 Å². The minimum absolute atomic E-state index is 0.615. The summed E-state index contributed by atoms with van der Waals surface area (Å²) in [5.74, 6) is 1.55. The van der Waals surface area contributed by atoms with E-state index in [1.54, 1.807) is 19.6 Å². The minimum atomic E-state index is 0.615. The van der Waals surface area contributed by atoms with Crippen LogP contribution in [0.15, 0.2) is 43.0 Å². The third-order valence-corrected chi connectivity index (χ3v) is 2.85. The molecule has 0 spiro atoms. The molecule has 96 valence electrons. The van der Waals surface area contributed by atoms with E-state index in [4.69, 9.17) is 4.74 Å². The highest BCUT2D eigenvalue weighted by Gasteiger charge is 2.06. The summed E-state index contributed by atoms with van der Waals surface area (Å²) < 4.78 is 7.13. The summed E-state index contributed by atoms with van der Waals surface area (Å²) in [6.45, 7) is 0.615. The van der Waals surface area contributed by atoms with E-state index in [-0.39, 0.29) is 0 Å². The van der Waals surface area contributed by atoms with E-state index in [2.05, 4.69) is 20.5 Å². The zero-order valence-electron chi connectivity index (χ0n) is 10.4. The zero-order chi connectivity index (χ0) is 13.1. The van der Waals surface area contributed by atoms with Crippen LogP contribution in [0.3, 0.4) is 0 Å². The van der Waals surface area contributed by atoms with E-state index in [9.17, 15) is 0 Å². The molecule has 0 amide bonds. The Labute approximate surface area is 110 Å². The van der Waals surface area contributed by atoms with Crippen molar-refractivity contribution in [2.24, 2.45) is 0 Å². The van der Waals surface area contributed by atoms with Crippen molar-refractivity contribution in [3.05, 3.63) is 48.5 Å². The first-order valence-corrected chi connectivity index (χ1v) is 5.88. The normalized spacial score (nSPS) is 10.6. The fraction of sp³-hybridized carbons (Fsp3) is 0.154. The smallest absolute Gasteiger partial charge is 0.203 e. The Morgan fingerprint density at radius 2 is 2.21 bits per heavy atom. The molecule has 3 rings (SSSR count). The van der Waals surface area contributed by atoms with Gasteiger partial charge in [0.25, 0.3) is 0 Å². The van der Waals surface area contributed by atoms with Crippen molar-refractivity contribution in [3.8, 4) is 5.75 Å². The summed E-state index contributed by atoms with van der Waals surface area (Å²) in [6, 6.07) is 7.86. The monoisotopic (exact) mass is 255 g/mol. The maximum absolute atomic E-state index is 5.31. The lowest BCUT2D eigenvalue weighted by atomic mass is 10.2. The Morgan fingerprint density at radius 3 is 3.11 bits per heavy atom. The van der Waals surface area contributed by atoms with Crippen LogP contribution in [-0.4, -0.2) is 26.7 Å². The van der Waals surface area contributed by atoms with Gasteiger partial charge in [0.1, 0.15) is 12.1 Å². The van der Waals surface area contributed by atoms with Gasteiger partial charge in [-0.05, 0) is 6.07 Å². The summed E-state index contributed by atoms with van der Waals surface area (Å²) in [7, 11) is 1.66. The molecule has 0 aliphatic heterocycles. The van der Waals surface area contributed by atoms with Crippen LogP contribution in [0, 0.1) is 0 Å². The molecule has 0 fully saturated rings. The molecule has 2 aromatic heterocycles. The molecule has 3 aromatic rings. The van der Waals surface area contributed by atoms with E-state index in [0.29, 0.717) is 18.0 Å². The fourth-order valence-electron chi connectivity index (χ4n) is 1.91. The summed E-state index contributed by atoms with van der Waals surface area (Å²) in [5.41, 5.74) is 1.77. The van der Waals surface area contributed by atoms with Crippen molar-refractivity contribution in [1.82, 2.24) is 19.6 Å². The number of aromatic nitrogens is 4. The number of para-hydroxylation sites is 1. The van der Waals surface area contributed by atoms with Crippen LogP contribution in [-0.2, 0) is 6.54 Å². The van der Waals surface area contributed by atoms with Crippen LogP contribution >= 0.6 is 0 Å². The Bertz CT molecular complexity index is 694. The third-order valence-electron chi connectivity index (χ3n) is 2.85. The quantitative estimate of drug-likeness (QED) is 0.769. The Kier molecular flexibility index (Phi) is 2.97. The summed E-state index contributed by atoms with van der Waals surface area (Å²) in [5, 5.41) is 11.1. The molecule has 1 N–H and O–H groups in total. The molecule has 0 bridgehead atoms. The highest BCUT2D eigenvalue weighted by molar-refractivity contribution is 5.61. The van der Waals surface area contributed by atoms with E-state index in [1.807, 2.05) is 34.9 Å². The van der Waals surface area contributed by atoms with Gasteiger partial charge in [-0.2, -0.15) is 0 Å². The molecule has 2 heterocycles. The molecule has 0 unspecified atom stereocenters. The summed E-state index contributed by atoms with van der Waals surface area (Å²) in [6.07, 6.45) is 5.16. The molecular weight excluding hydrogens is 242 g/mol. The molecule has 0 saturated carbocycles. The van der Waals surface area contributed by atoms with Crippen molar-refractivity contribution in [3.63, 3.8) is 0 Å². The number of anilines is 1. The molecule has 19 heavy (non-hydrogen) atoms. The maximum atomic E-state index is 5.31. The lowest BCUT2D eigenvalue weighted by molar-refractivity contribution is 0.410. The van der Waals surface area contributed by atoms with Gasteiger partial charge in [0.2, 0.25) is 5.65 Å². The lowest BCUT2D eigenvalue weighted by Crippen LogP contribution is -2.04. The number of nitrogens with one attached hydrogen (secondary N) is 1. The van der Waals surface area contributed by atoms with E-state index >= 15 is 0 Å². The van der Waals surface area contributed by atoms with Crippen LogP contribution in [0.25, 0.3) is 5.65 Å². The van der Waals surface area contributed by atoms with Gasteiger partial charge in [0.15, 0.2) is 5.82 Å². The van der Waals surface area contributed by atoms with E-state index < -0.39 is 0 Å². The van der Waals surface area contributed by atoms with Gasteiger partial charge in [-0.1, -0.05) is 18.2 Å². The Hall–Kier alpha value is -2.63. The number of methoxy groups -OCH3 is 1. The predicted molar refractivity (Wildman–Crippen MR) is 71.1 cm³/mol. The fourth-order valence-corrected chi connectivity index (χ4v) is 1.91. The van der Waals surface area contributed by atoms with Crippen molar-refractivity contribution in [2.75, 3.05) is 12.4 Å². The first kappa shape index (κ1) is 11.5. The summed E-state index contributed by atoms with van der Waals surface area (Å²) in [4.78, 5) is 4.27. The van der Waals surface area contributed by atoms with Crippen molar-refractivity contribution < 1.29 is 4.74 Å². The predicted octanol–water partition coefficient (Wildman–Crippen LogP) is 1.74. The van der Waals surface area contributed by atoms with Crippen LogP contribution < -0.4 is 10.1 Å². The maximum Gasteiger partial charge on any atom is 0.203 e. The van der Waals surface area contributed by atoms with Crippen molar-refractivity contribution in [2.45, 2.75) is 6.54 Å². The molecule has 0 aliphatic rings. The van der Waals surface area contributed by atoms with Gasteiger partial charge < -0.3 is 10.1 Å². The average Bonchev–Trinajstić information content (AvgIpc) is 2.94. The number of hydrogen-bond donors (Lipinski definition) is 1. The van der Waals surface area contributed by atoms with Gasteiger partial charge in [0, 0.05) is 24.5 Å². The highest BCUT2D eigenvalue weighted by atomic mass is 16.5. The molecule has 0 aliphatic carbocycles. The Morgan fingerprint density at radius 1 is 1.32 bits per heavy atom. The van der Waals surface area contributed by atoms with Crippen LogP contribution in [0.1, 0.15) is 5.56 Å². The van der Waals surface area contributed by atoms with Crippen LogP contribution in [0.2, 0.25) is 0 Å². The molecule has 0 saturated heterocycles. The molecular formula is C13H13N5O. The molecule has 6 heteroatoms. The molecule has 6 nitrogen and oxygen atoms in total. The highest BCUT2D eigenvalue weighted by Crippen LogP contribution is 2.19. The third kappa shape index (κ3) is 2.20. The molecule has 1 aromatic carbocycles. The first-order chi connectivity index (χ1) is 9.38. The van der Waals surface area contributed by atoms with Crippen LogP contribution in [0.5, 0.6) is 5.75 Å². The van der Waals surface area contributed by atoms with Gasteiger partial charge in [-0.3, -0.25) is 4.40 Å². The van der Waals surface area contributed by atoms with Gasteiger partial charge in [-0.15, -0.1) is 10.2 Å². The molecule has 0 radical (unpaired) electrons. The average molecular weight is 255 g/mol. The topological polar surface area (TPSA) is 64.3 Å². The first-order valence-electron chi connectivity index (χ1n) is 5.88. The second-order valence-electron chi connectivity index (χ2n) is 4.00. The number of rotatable bonds is 4. The number of hydrogen-bond acceptors (Lipinski definition) is 5. The molecule has 0 atom stereocenters. The van der Waals surface area contributed by atoms with Gasteiger partial charge in [0.05, 0.1) is 7.11 Å². The second kappa shape index (κ2) is 4.93. The Balaban J connectivity index is 1.84. The lowest BCUT2D eigenvalue weighted by Gasteiger charge is -2.09. The van der Waals surface area contributed by atoms with Crippen molar-refractivity contribution in [1.29, 1.82) is 0 Å². The summed E-state index contributed by atoms with van der Waals surface area (Å²) >= 11 is 0. The van der Waals surface area contributed by atoms with Crippen molar-refractivity contribution >= 4 is 11.5 Å². The largest absolute Gasteiger partial charge is 0.496 e.